The van der Waals surface area contributed by atoms with Crippen LogP contribution in [-0.2, 0) is 22.4 Å². The van der Waals surface area contributed by atoms with E-state index in [2.05, 4.69) is 12.2 Å². The van der Waals surface area contributed by atoms with Crippen LogP contribution in [-0.4, -0.2) is 24.5 Å². The highest BCUT2D eigenvalue weighted by molar-refractivity contribution is 7.14. The van der Waals surface area contributed by atoms with E-state index in [1.165, 1.54) is 68.2 Å². The molecule has 1 aromatic heterocycles. The van der Waals surface area contributed by atoms with E-state index < -0.39 is 0 Å². The summed E-state index contributed by atoms with van der Waals surface area (Å²) in [5.74, 6) is 2.10. The molecule has 4 bridgehead atoms. The maximum atomic E-state index is 12.5. The number of ether oxygens (including phenoxy) is 1. The average Bonchev–Trinajstić information content (AvgIpc) is 2.96. The average molecular weight is 416 g/mol. The number of nitrogens with one attached hydrogen (secondary N) is 1. The van der Waals surface area contributed by atoms with Gasteiger partial charge >= 0.3 is 5.97 Å². The Morgan fingerprint density at radius 3 is 2.45 bits per heavy atom. The predicted octanol–water partition coefficient (Wildman–Crippen LogP) is 4.89. The molecule has 0 saturated heterocycles. The van der Waals surface area contributed by atoms with Crippen molar-refractivity contribution in [1.82, 2.24) is 5.32 Å². The van der Waals surface area contributed by atoms with E-state index in [1.54, 1.807) is 11.3 Å². The van der Waals surface area contributed by atoms with Gasteiger partial charge in [0.05, 0.1) is 0 Å². The van der Waals surface area contributed by atoms with Gasteiger partial charge in [0.2, 0.25) is 0 Å². The molecule has 5 heteroatoms. The molecule has 1 amide bonds. The lowest BCUT2D eigenvalue weighted by atomic mass is 9.48. The normalized spacial score (nSPS) is 33.6. The Kier molecular flexibility index (Phi) is 5.21. The molecule has 0 radical (unpaired) electrons. The molecule has 1 aromatic rings. The lowest BCUT2D eigenvalue weighted by molar-refractivity contribution is -0.128. The monoisotopic (exact) mass is 415 g/mol. The highest BCUT2D eigenvalue weighted by Crippen LogP contribution is 2.61. The van der Waals surface area contributed by atoms with E-state index in [0.29, 0.717) is 4.88 Å². The molecular formula is C24H33NO3S. The molecule has 4 fully saturated rings. The first kappa shape index (κ1) is 19.6. The fraction of sp³-hybridized carbons (Fsp3) is 0.750. The Morgan fingerprint density at radius 2 is 1.76 bits per heavy atom. The number of fused-ring (bicyclic) bond motifs is 1. The Bertz CT molecular complexity index is 739. The maximum absolute atomic E-state index is 12.5. The molecule has 0 aliphatic heterocycles. The fourth-order valence-corrected chi connectivity index (χ4v) is 8.26. The second kappa shape index (κ2) is 7.72. The summed E-state index contributed by atoms with van der Waals surface area (Å²) in [5, 5.41) is 3.19. The summed E-state index contributed by atoms with van der Waals surface area (Å²) >= 11 is 1.55. The van der Waals surface area contributed by atoms with Crippen LogP contribution in [0.3, 0.4) is 0 Å². The summed E-state index contributed by atoms with van der Waals surface area (Å²) in [6, 6.07) is 2.16. The van der Waals surface area contributed by atoms with E-state index in [9.17, 15) is 9.59 Å². The molecule has 1 heterocycles. The molecule has 0 unspecified atom stereocenters. The number of carbonyl (C=O) groups is 2. The van der Waals surface area contributed by atoms with Crippen molar-refractivity contribution in [2.75, 3.05) is 6.61 Å². The zero-order valence-corrected chi connectivity index (χ0v) is 18.3. The van der Waals surface area contributed by atoms with Crippen molar-refractivity contribution in [3.05, 3.63) is 21.4 Å². The molecule has 5 aliphatic rings. The molecule has 4 saturated carbocycles. The first-order chi connectivity index (χ1) is 14.0. The van der Waals surface area contributed by atoms with Gasteiger partial charge in [-0.25, -0.2) is 4.79 Å². The van der Waals surface area contributed by atoms with Gasteiger partial charge in [-0.15, -0.1) is 11.3 Å². The molecule has 5 aliphatic carbocycles. The van der Waals surface area contributed by atoms with E-state index in [1.807, 2.05) is 6.07 Å². The Hall–Kier alpha value is -1.36. The van der Waals surface area contributed by atoms with Gasteiger partial charge in [0.1, 0.15) is 4.88 Å². The third-order valence-corrected chi connectivity index (χ3v) is 9.38. The topological polar surface area (TPSA) is 55.4 Å². The molecule has 1 N–H and O–H groups in total. The van der Waals surface area contributed by atoms with Crippen LogP contribution in [0, 0.1) is 23.2 Å². The number of esters is 1. The third-order valence-electron chi connectivity index (χ3n) is 8.16. The van der Waals surface area contributed by atoms with Gasteiger partial charge in [0.25, 0.3) is 5.91 Å². The number of carbonyl (C=O) groups excluding carboxylic acids is 2. The smallest absolute Gasteiger partial charge is 0.348 e. The van der Waals surface area contributed by atoms with Crippen molar-refractivity contribution < 1.29 is 14.3 Å². The first-order valence-electron chi connectivity index (χ1n) is 11.6. The number of thiophene rings is 1. The lowest BCUT2D eigenvalue weighted by Gasteiger charge is -2.59. The Labute approximate surface area is 177 Å². The summed E-state index contributed by atoms with van der Waals surface area (Å²) < 4.78 is 5.38. The van der Waals surface area contributed by atoms with E-state index in [4.69, 9.17) is 4.74 Å². The van der Waals surface area contributed by atoms with E-state index in [0.717, 1.165) is 30.6 Å². The summed E-state index contributed by atoms with van der Waals surface area (Å²) in [6.45, 7) is 2.00. The van der Waals surface area contributed by atoms with E-state index >= 15 is 0 Å². The Balaban J connectivity index is 1.15. The van der Waals surface area contributed by atoms with Gasteiger partial charge < -0.3 is 10.1 Å². The van der Waals surface area contributed by atoms with Gasteiger partial charge in [-0.1, -0.05) is 6.42 Å². The molecule has 158 valence electrons. The van der Waals surface area contributed by atoms with Crippen LogP contribution in [0.15, 0.2) is 6.07 Å². The van der Waals surface area contributed by atoms with Crippen molar-refractivity contribution in [3.8, 4) is 0 Å². The minimum atomic E-state index is -0.347. The summed E-state index contributed by atoms with van der Waals surface area (Å²) in [7, 11) is 0. The van der Waals surface area contributed by atoms with Crippen molar-refractivity contribution >= 4 is 23.2 Å². The third kappa shape index (κ3) is 3.87. The number of rotatable bonds is 5. The lowest BCUT2D eigenvalue weighted by Crippen LogP contribution is -2.56. The van der Waals surface area contributed by atoms with Gasteiger partial charge in [0, 0.05) is 10.9 Å². The second-order valence-corrected chi connectivity index (χ2v) is 11.4. The Morgan fingerprint density at radius 1 is 1.10 bits per heavy atom. The van der Waals surface area contributed by atoms with Crippen LogP contribution in [0.25, 0.3) is 0 Å². The van der Waals surface area contributed by atoms with Crippen LogP contribution in [0.5, 0.6) is 0 Å². The van der Waals surface area contributed by atoms with Crippen molar-refractivity contribution in [3.63, 3.8) is 0 Å². The van der Waals surface area contributed by atoms with Gasteiger partial charge in [-0.05, 0) is 106 Å². The SMILES string of the molecule is C[C@H](NC(=O)COC(=O)c1cc2c(s1)CCCCC2)C12CC3CC(CC(C3)C1)C2. The quantitative estimate of drug-likeness (QED) is 0.550. The molecule has 0 aromatic carbocycles. The number of hydrogen-bond acceptors (Lipinski definition) is 4. The molecule has 1 atom stereocenters. The minimum Gasteiger partial charge on any atom is -0.451 e. The standard InChI is InChI=1S/C24H33NO3S/c1-15(24-11-16-7-17(12-24)9-18(8-16)13-24)25-22(26)14-28-23(27)21-10-19-5-3-2-4-6-20(19)29-21/h10,15-18H,2-9,11-14H2,1H3,(H,25,26)/t15-,16?,17?,18?,24?/m0/s1. The number of amides is 1. The zero-order valence-electron chi connectivity index (χ0n) is 17.5. The number of aryl methyl sites for hydroxylation is 2. The molecule has 0 spiro atoms. The highest BCUT2D eigenvalue weighted by atomic mass is 32.1. The van der Waals surface area contributed by atoms with Crippen LogP contribution in [0.4, 0.5) is 0 Å². The summed E-state index contributed by atoms with van der Waals surface area (Å²) in [6.07, 6.45) is 13.8. The zero-order chi connectivity index (χ0) is 20.0. The van der Waals surface area contributed by atoms with Crippen molar-refractivity contribution in [1.29, 1.82) is 0 Å². The fourth-order valence-electron chi connectivity index (χ4n) is 7.11. The summed E-state index contributed by atoms with van der Waals surface area (Å²) in [5.41, 5.74) is 1.58. The van der Waals surface area contributed by atoms with E-state index in [-0.39, 0.29) is 29.9 Å². The van der Waals surface area contributed by atoms with Gasteiger partial charge in [-0.2, -0.15) is 0 Å². The largest absolute Gasteiger partial charge is 0.451 e. The summed E-state index contributed by atoms with van der Waals surface area (Å²) in [4.78, 5) is 27.0. The van der Waals surface area contributed by atoms with Crippen LogP contribution < -0.4 is 5.32 Å². The number of hydrogen-bond donors (Lipinski definition) is 1. The molecule has 29 heavy (non-hydrogen) atoms. The maximum Gasteiger partial charge on any atom is 0.348 e. The second-order valence-electron chi connectivity index (χ2n) is 10.3. The molecular weight excluding hydrogens is 382 g/mol. The van der Waals surface area contributed by atoms with Crippen LogP contribution in [0.1, 0.15) is 84.8 Å². The minimum absolute atomic E-state index is 0.153. The van der Waals surface area contributed by atoms with Crippen molar-refractivity contribution in [2.24, 2.45) is 23.2 Å². The molecule has 6 rings (SSSR count). The van der Waals surface area contributed by atoms with Crippen LogP contribution in [0.2, 0.25) is 0 Å². The van der Waals surface area contributed by atoms with Crippen molar-refractivity contribution in [2.45, 2.75) is 83.6 Å². The first-order valence-corrected chi connectivity index (χ1v) is 12.4. The molecule has 4 nitrogen and oxygen atoms in total. The van der Waals surface area contributed by atoms with Gasteiger partial charge in [-0.3, -0.25) is 4.79 Å². The highest BCUT2D eigenvalue weighted by Gasteiger charge is 2.53. The van der Waals surface area contributed by atoms with Gasteiger partial charge in [0.15, 0.2) is 6.61 Å². The van der Waals surface area contributed by atoms with Crippen LogP contribution >= 0.6 is 11.3 Å². The predicted molar refractivity (Wildman–Crippen MR) is 114 cm³/mol.